The SMILES string of the molecule is O=C(COc1ccc(S(=O)(=O)Nc2ccc(Cl)c(Cl)c2)cc1)Nc1ccc(F)c(Cl)c1. The Kier molecular flexibility index (Phi) is 7.27. The molecule has 0 aliphatic heterocycles. The molecule has 6 nitrogen and oxygen atoms in total. The van der Waals surface area contributed by atoms with Gasteiger partial charge in [0.25, 0.3) is 15.9 Å². The summed E-state index contributed by atoms with van der Waals surface area (Å²) in [5.41, 5.74) is 0.571. The second-order valence-electron chi connectivity index (χ2n) is 6.17. The predicted octanol–water partition coefficient (Wildman–Crippen LogP) is 5.60. The molecule has 3 aromatic rings. The van der Waals surface area contributed by atoms with Gasteiger partial charge in [-0.3, -0.25) is 9.52 Å². The number of carbonyl (C=O) groups excluding carboxylic acids is 1. The van der Waals surface area contributed by atoms with E-state index in [0.29, 0.717) is 10.7 Å². The maximum atomic E-state index is 13.2. The van der Waals surface area contributed by atoms with E-state index in [1.54, 1.807) is 0 Å². The zero-order valence-corrected chi connectivity index (χ0v) is 18.6. The molecule has 0 saturated heterocycles. The second kappa shape index (κ2) is 9.74. The zero-order valence-electron chi connectivity index (χ0n) is 15.5. The van der Waals surface area contributed by atoms with Crippen molar-refractivity contribution in [3.05, 3.63) is 81.5 Å². The summed E-state index contributed by atoms with van der Waals surface area (Å²) in [5, 5.41) is 2.91. The number of amides is 1. The van der Waals surface area contributed by atoms with E-state index < -0.39 is 21.7 Å². The Morgan fingerprint density at radius 3 is 2.16 bits per heavy atom. The average molecular weight is 504 g/mol. The Labute approximate surface area is 192 Å². The molecule has 0 aromatic heterocycles. The Balaban J connectivity index is 1.59. The van der Waals surface area contributed by atoms with E-state index in [9.17, 15) is 17.6 Å². The third kappa shape index (κ3) is 6.24. The van der Waals surface area contributed by atoms with Crippen molar-refractivity contribution in [1.29, 1.82) is 0 Å². The molecule has 0 saturated carbocycles. The number of halogens is 4. The number of hydrogen-bond acceptors (Lipinski definition) is 4. The van der Waals surface area contributed by atoms with Crippen LogP contribution in [0.4, 0.5) is 15.8 Å². The van der Waals surface area contributed by atoms with Gasteiger partial charge in [-0.2, -0.15) is 0 Å². The highest BCUT2D eigenvalue weighted by Crippen LogP contribution is 2.27. The van der Waals surface area contributed by atoms with Crippen LogP contribution in [-0.4, -0.2) is 20.9 Å². The summed E-state index contributed by atoms with van der Waals surface area (Å²) in [6.45, 7) is -0.345. The highest BCUT2D eigenvalue weighted by molar-refractivity contribution is 7.92. The van der Waals surface area contributed by atoms with Gasteiger partial charge in [0, 0.05) is 5.69 Å². The Morgan fingerprint density at radius 1 is 0.871 bits per heavy atom. The Morgan fingerprint density at radius 2 is 1.52 bits per heavy atom. The van der Waals surface area contributed by atoms with Gasteiger partial charge in [0.15, 0.2) is 6.61 Å². The molecule has 31 heavy (non-hydrogen) atoms. The van der Waals surface area contributed by atoms with E-state index in [4.69, 9.17) is 39.5 Å². The van der Waals surface area contributed by atoms with Gasteiger partial charge >= 0.3 is 0 Å². The van der Waals surface area contributed by atoms with Crippen molar-refractivity contribution in [2.45, 2.75) is 4.90 Å². The highest BCUT2D eigenvalue weighted by atomic mass is 35.5. The maximum absolute atomic E-state index is 13.2. The number of hydrogen-bond donors (Lipinski definition) is 2. The van der Waals surface area contributed by atoms with Crippen LogP contribution in [0, 0.1) is 5.82 Å². The smallest absolute Gasteiger partial charge is 0.262 e. The van der Waals surface area contributed by atoms with Crippen LogP contribution in [0.15, 0.2) is 65.6 Å². The van der Waals surface area contributed by atoms with Crippen LogP contribution in [0.1, 0.15) is 0 Å². The molecule has 11 heteroatoms. The van der Waals surface area contributed by atoms with Crippen LogP contribution in [0.2, 0.25) is 15.1 Å². The summed E-state index contributed by atoms with van der Waals surface area (Å²) in [6, 6.07) is 13.6. The minimum atomic E-state index is -3.87. The molecule has 1 amide bonds. The van der Waals surface area contributed by atoms with Crippen molar-refractivity contribution in [2.24, 2.45) is 0 Å². The van der Waals surface area contributed by atoms with Gasteiger partial charge < -0.3 is 10.1 Å². The molecular formula is C20H14Cl3FN2O4S. The van der Waals surface area contributed by atoms with Gasteiger partial charge in [0.2, 0.25) is 0 Å². The fourth-order valence-electron chi connectivity index (χ4n) is 2.41. The third-order valence-corrected chi connectivity index (χ3v) is 6.31. The monoisotopic (exact) mass is 502 g/mol. The van der Waals surface area contributed by atoms with E-state index in [-0.39, 0.29) is 33.0 Å². The number of rotatable bonds is 7. The van der Waals surface area contributed by atoms with Crippen molar-refractivity contribution < 1.29 is 22.3 Å². The molecule has 0 bridgehead atoms. The molecule has 2 N–H and O–H groups in total. The van der Waals surface area contributed by atoms with Crippen molar-refractivity contribution in [3.8, 4) is 5.75 Å². The van der Waals surface area contributed by atoms with Crippen LogP contribution in [-0.2, 0) is 14.8 Å². The number of benzene rings is 3. The molecule has 0 fully saturated rings. The van der Waals surface area contributed by atoms with E-state index in [1.807, 2.05) is 0 Å². The molecule has 0 spiro atoms. The first-order chi connectivity index (χ1) is 14.6. The minimum absolute atomic E-state index is 0.0173. The normalized spacial score (nSPS) is 11.1. The summed E-state index contributed by atoms with van der Waals surface area (Å²) < 4.78 is 45.9. The zero-order chi connectivity index (χ0) is 22.6. The van der Waals surface area contributed by atoms with Gasteiger partial charge in [0.05, 0.1) is 25.7 Å². The largest absolute Gasteiger partial charge is 0.484 e. The molecule has 162 valence electrons. The molecule has 3 rings (SSSR count). The number of anilines is 2. The lowest BCUT2D eigenvalue weighted by Crippen LogP contribution is -2.20. The highest BCUT2D eigenvalue weighted by Gasteiger charge is 2.15. The van der Waals surface area contributed by atoms with Gasteiger partial charge in [-0.1, -0.05) is 34.8 Å². The van der Waals surface area contributed by atoms with Crippen LogP contribution in [0.3, 0.4) is 0 Å². The molecular weight excluding hydrogens is 490 g/mol. The number of nitrogens with one attached hydrogen (secondary N) is 2. The summed E-state index contributed by atoms with van der Waals surface area (Å²) in [7, 11) is -3.87. The van der Waals surface area contributed by atoms with E-state index in [2.05, 4.69) is 10.0 Å². The van der Waals surface area contributed by atoms with E-state index in [1.165, 1.54) is 54.6 Å². The fraction of sp³-hybridized carbons (Fsp3) is 0.0500. The predicted molar refractivity (Wildman–Crippen MR) is 119 cm³/mol. The van der Waals surface area contributed by atoms with Crippen molar-refractivity contribution in [3.63, 3.8) is 0 Å². The van der Waals surface area contributed by atoms with Crippen molar-refractivity contribution in [1.82, 2.24) is 0 Å². The molecule has 0 heterocycles. The van der Waals surface area contributed by atoms with Crippen LogP contribution in [0.5, 0.6) is 5.75 Å². The van der Waals surface area contributed by atoms with E-state index >= 15 is 0 Å². The number of ether oxygens (including phenoxy) is 1. The first-order valence-electron chi connectivity index (χ1n) is 8.60. The summed E-state index contributed by atoms with van der Waals surface area (Å²) in [6.07, 6.45) is 0. The summed E-state index contributed by atoms with van der Waals surface area (Å²) >= 11 is 17.4. The number of carbonyl (C=O) groups is 1. The second-order valence-corrected chi connectivity index (χ2v) is 9.08. The molecule has 3 aromatic carbocycles. The summed E-state index contributed by atoms with van der Waals surface area (Å²) in [5.74, 6) is -0.818. The van der Waals surface area contributed by atoms with Gasteiger partial charge in [-0.15, -0.1) is 0 Å². The Bertz CT molecular complexity index is 1220. The maximum Gasteiger partial charge on any atom is 0.262 e. The number of sulfonamides is 1. The van der Waals surface area contributed by atoms with E-state index in [0.717, 1.165) is 6.07 Å². The van der Waals surface area contributed by atoms with Crippen LogP contribution < -0.4 is 14.8 Å². The van der Waals surface area contributed by atoms with Gasteiger partial charge in [-0.25, -0.2) is 12.8 Å². The molecule has 0 unspecified atom stereocenters. The van der Waals surface area contributed by atoms with Crippen molar-refractivity contribution in [2.75, 3.05) is 16.6 Å². The quantitative estimate of drug-likeness (QED) is 0.439. The van der Waals surface area contributed by atoms with Crippen LogP contribution in [0.25, 0.3) is 0 Å². The lowest BCUT2D eigenvalue weighted by Gasteiger charge is -2.11. The molecule has 0 aliphatic rings. The summed E-state index contributed by atoms with van der Waals surface area (Å²) in [4.78, 5) is 11.9. The average Bonchev–Trinajstić information content (AvgIpc) is 2.72. The lowest BCUT2D eigenvalue weighted by molar-refractivity contribution is -0.118. The third-order valence-electron chi connectivity index (χ3n) is 3.88. The van der Waals surface area contributed by atoms with Gasteiger partial charge in [0.1, 0.15) is 11.6 Å². The van der Waals surface area contributed by atoms with Crippen molar-refractivity contribution >= 4 is 62.1 Å². The molecule has 0 atom stereocenters. The van der Waals surface area contributed by atoms with Crippen LogP contribution >= 0.6 is 34.8 Å². The lowest BCUT2D eigenvalue weighted by atomic mass is 10.3. The first kappa shape index (κ1) is 23.1. The standard InChI is InChI=1S/C20H14Cl3FN2O4S/c21-16-7-1-13(10-17(16)22)26-31(28,29)15-5-3-14(4-6-15)30-11-20(27)25-12-2-8-19(24)18(23)9-12/h1-10,26H,11H2,(H,25,27). The molecule has 0 aliphatic carbocycles. The fourth-order valence-corrected chi connectivity index (χ4v) is 3.94. The topological polar surface area (TPSA) is 84.5 Å². The first-order valence-corrected chi connectivity index (χ1v) is 11.2. The minimum Gasteiger partial charge on any atom is -0.484 e. The molecule has 0 radical (unpaired) electrons. The van der Waals surface area contributed by atoms with Gasteiger partial charge in [-0.05, 0) is 60.7 Å². The Hall–Kier alpha value is -2.52.